The van der Waals surface area contributed by atoms with Crippen molar-refractivity contribution in [1.29, 1.82) is 0 Å². The number of rotatable bonds is 3. The lowest BCUT2D eigenvalue weighted by Gasteiger charge is -2.21. The van der Waals surface area contributed by atoms with Crippen molar-refractivity contribution < 1.29 is 0 Å². The second kappa shape index (κ2) is 7.25. The van der Waals surface area contributed by atoms with Gasteiger partial charge in [-0.05, 0) is 30.2 Å². The molecule has 1 saturated carbocycles. The molecule has 0 saturated heterocycles. The van der Waals surface area contributed by atoms with Crippen LogP contribution >= 0.6 is 21.0 Å². The zero-order chi connectivity index (χ0) is 9.64. The first kappa shape index (κ1) is 13.0. The van der Waals surface area contributed by atoms with E-state index in [0.29, 0.717) is 0 Å². The fourth-order valence-corrected chi connectivity index (χ4v) is 3.74. The van der Waals surface area contributed by atoms with Crippen LogP contribution in [0.5, 0.6) is 0 Å². The van der Waals surface area contributed by atoms with E-state index >= 15 is 0 Å². The fourth-order valence-electron chi connectivity index (χ4n) is 2.16. The van der Waals surface area contributed by atoms with E-state index in [0.717, 1.165) is 14.2 Å². The molecule has 1 aliphatic rings. The third kappa shape index (κ3) is 4.53. The highest BCUT2D eigenvalue weighted by Crippen LogP contribution is 2.34. The average Bonchev–Trinajstić information content (AvgIpc) is 2.29. The molecule has 0 amide bonds. The standard InChI is InChI=1S/C13H19P.ClH/c1-3-7-12(8-4-1)11-14-13-9-5-2-6-10-13;/h1,3-4,7-8,13-14H,2,5-6,9-11H2;1H. The van der Waals surface area contributed by atoms with E-state index in [-0.39, 0.29) is 12.4 Å². The monoisotopic (exact) mass is 242 g/mol. The summed E-state index contributed by atoms with van der Waals surface area (Å²) in [5.41, 5.74) is 2.57. The van der Waals surface area contributed by atoms with Crippen LogP contribution < -0.4 is 0 Å². The van der Waals surface area contributed by atoms with Gasteiger partial charge in [0, 0.05) is 0 Å². The zero-order valence-electron chi connectivity index (χ0n) is 9.11. The van der Waals surface area contributed by atoms with Gasteiger partial charge in [-0.15, -0.1) is 21.0 Å². The Bertz CT molecular complexity index is 254. The molecule has 0 N–H and O–H groups in total. The molecule has 0 radical (unpaired) electrons. The molecule has 0 heterocycles. The number of halogens is 1. The molecular weight excluding hydrogens is 223 g/mol. The first-order valence-corrected chi connectivity index (χ1v) is 7.01. The molecule has 0 aliphatic heterocycles. The van der Waals surface area contributed by atoms with Crippen LogP contribution in [0.2, 0.25) is 0 Å². The highest BCUT2D eigenvalue weighted by atomic mass is 35.5. The van der Waals surface area contributed by atoms with E-state index in [4.69, 9.17) is 0 Å². The third-order valence-corrected chi connectivity index (χ3v) is 4.81. The lowest BCUT2D eigenvalue weighted by Crippen LogP contribution is -2.06. The molecule has 0 spiro atoms. The smallest absolute Gasteiger partial charge is 0.00981 e. The third-order valence-electron chi connectivity index (χ3n) is 3.04. The van der Waals surface area contributed by atoms with Crippen LogP contribution in [0.15, 0.2) is 30.3 Å². The van der Waals surface area contributed by atoms with Crippen LogP contribution in [0, 0.1) is 0 Å². The van der Waals surface area contributed by atoms with Crippen molar-refractivity contribution in [3.8, 4) is 0 Å². The van der Waals surface area contributed by atoms with Crippen molar-refractivity contribution in [2.75, 3.05) is 0 Å². The molecule has 1 aromatic carbocycles. The first-order valence-electron chi connectivity index (χ1n) is 5.72. The summed E-state index contributed by atoms with van der Waals surface area (Å²) in [5, 5.41) is 0. The Morgan fingerprint density at radius 3 is 2.33 bits per heavy atom. The van der Waals surface area contributed by atoms with E-state index in [1.165, 1.54) is 43.8 Å². The van der Waals surface area contributed by atoms with Gasteiger partial charge >= 0.3 is 0 Å². The van der Waals surface area contributed by atoms with Gasteiger partial charge in [-0.3, -0.25) is 0 Å². The predicted molar refractivity (Wildman–Crippen MR) is 72.6 cm³/mol. The van der Waals surface area contributed by atoms with Crippen LogP contribution in [-0.2, 0) is 6.16 Å². The summed E-state index contributed by atoms with van der Waals surface area (Å²) < 4.78 is 0. The van der Waals surface area contributed by atoms with E-state index in [9.17, 15) is 0 Å². The Hall–Kier alpha value is -0.0600. The Morgan fingerprint density at radius 2 is 1.67 bits per heavy atom. The van der Waals surface area contributed by atoms with Gasteiger partial charge in [-0.2, -0.15) is 0 Å². The largest absolute Gasteiger partial charge is 0.147 e. The minimum atomic E-state index is 0. The summed E-state index contributed by atoms with van der Waals surface area (Å²) in [6.07, 6.45) is 8.73. The van der Waals surface area contributed by atoms with Crippen molar-refractivity contribution in [1.82, 2.24) is 0 Å². The summed E-state index contributed by atoms with van der Waals surface area (Å²) in [6.45, 7) is 0. The van der Waals surface area contributed by atoms with Crippen molar-refractivity contribution in [3.05, 3.63) is 35.9 Å². The highest BCUT2D eigenvalue weighted by molar-refractivity contribution is 7.38. The molecule has 1 aliphatic carbocycles. The number of hydrogen-bond acceptors (Lipinski definition) is 0. The van der Waals surface area contributed by atoms with Gasteiger partial charge in [0.25, 0.3) is 0 Å². The van der Waals surface area contributed by atoms with Crippen molar-refractivity contribution in [2.45, 2.75) is 43.9 Å². The van der Waals surface area contributed by atoms with Gasteiger partial charge in [-0.25, -0.2) is 0 Å². The van der Waals surface area contributed by atoms with E-state index in [1.54, 1.807) is 0 Å². The second-order valence-corrected chi connectivity index (χ2v) is 5.78. The molecule has 1 unspecified atom stereocenters. The Morgan fingerprint density at radius 1 is 1.00 bits per heavy atom. The van der Waals surface area contributed by atoms with Gasteiger partial charge < -0.3 is 0 Å². The molecule has 2 rings (SSSR count). The second-order valence-electron chi connectivity index (χ2n) is 4.20. The molecule has 84 valence electrons. The SMILES string of the molecule is Cl.c1ccc(CPC2CCCCC2)cc1. The zero-order valence-corrected chi connectivity index (χ0v) is 10.9. The van der Waals surface area contributed by atoms with Crippen LogP contribution in [0.4, 0.5) is 0 Å². The fraction of sp³-hybridized carbons (Fsp3) is 0.538. The van der Waals surface area contributed by atoms with Crippen LogP contribution in [-0.4, -0.2) is 5.66 Å². The molecule has 0 bridgehead atoms. The van der Waals surface area contributed by atoms with Crippen LogP contribution in [0.1, 0.15) is 37.7 Å². The first-order chi connectivity index (χ1) is 6.95. The maximum atomic E-state index is 2.26. The summed E-state index contributed by atoms with van der Waals surface area (Å²) >= 11 is 0. The predicted octanol–water partition coefficient (Wildman–Crippen LogP) is 4.62. The maximum absolute atomic E-state index is 2.26. The van der Waals surface area contributed by atoms with E-state index in [2.05, 4.69) is 30.3 Å². The Balaban J connectivity index is 0.00000112. The minimum Gasteiger partial charge on any atom is -0.147 e. The average molecular weight is 243 g/mol. The summed E-state index contributed by atoms with van der Waals surface area (Å²) in [5.74, 6) is 0. The molecule has 1 fully saturated rings. The molecule has 1 aromatic rings. The van der Waals surface area contributed by atoms with Crippen LogP contribution in [0.25, 0.3) is 0 Å². The van der Waals surface area contributed by atoms with Gasteiger partial charge in [0.15, 0.2) is 0 Å². The summed E-state index contributed by atoms with van der Waals surface area (Å²) in [4.78, 5) is 0. The lowest BCUT2D eigenvalue weighted by atomic mass is 10.0. The quantitative estimate of drug-likeness (QED) is 0.679. The topological polar surface area (TPSA) is 0 Å². The molecule has 0 nitrogen and oxygen atoms in total. The number of benzene rings is 1. The van der Waals surface area contributed by atoms with Gasteiger partial charge in [0.1, 0.15) is 0 Å². The normalized spacial score (nSPS) is 17.9. The number of hydrogen-bond donors (Lipinski definition) is 0. The van der Waals surface area contributed by atoms with Crippen molar-refractivity contribution in [2.24, 2.45) is 0 Å². The Labute approximate surface area is 101 Å². The van der Waals surface area contributed by atoms with Gasteiger partial charge in [-0.1, -0.05) is 49.6 Å². The van der Waals surface area contributed by atoms with Gasteiger partial charge in [0.05, 0.1) is 0 Å². The molecule has 15 heavy (non-hydrogen) atoms. The molecular formula is C13H20ClP. The van der Waals surface area contributed by atoms with Crippen molar-refractivity contribution in [3.63, 3.8) is 0 Å². The van der Waals surface area contributed by atoms with E-state index < -0.39 is 0 Å². The molecule has 0 aromatic heterocycles. The van der Waals surface area contributed by atoms with E-state index in [1.807, 2.05) is 0 Å². The van der Waals surface area contributed by atoms with Crippen LogP contribution in [0.3, 0.4) is 0 Å². The lowest BCUT2D eigenvalue weighted by molar-refractivity contribution is 0.513. The van der Waals surface area contributed by atoms with Gasteiger partial charge in [0.2, 0.25) is 0 Å². The van der Waals surface area contributed by atoms with Crippen molar-refractivity contribution >= 4 is 21.0 Å². The highest BCUT2D eigenvalue weighted by Gasteiger charge is 2.12. The minimum absolute atomic E-state index is 0. The summed E-state index contributed by atoms with van der Waals surface area (Å²) in [7, 11) is 1.16. The summed E-state index contributed by atoms with van der Waals surface area (Å²) in [6, 6.07) is 10.9. The molecule has 1 atom stereocenters. The maximum Gasteiger partial charge on any atom is -0.00981 e. The molecule has 2 heteroatoms. The Kier molecular flexibility index (Phi) is 6.29.